The summed E-state index contributed by atoms with van der Waals surface area (Å²) < 4.78 is 37.5. The van der Waals surface area contributed by atoms with Gasteiger partial charge in [0.2, 0.25) is 0 Å². The number of hydrogen-bond donors (Lipinski definition) is 0. The summed E-state index contributed by atoms with van der Waals surface area (Å²) in [7, 11) is 0. The normalized spacial score (nSPS) is 27.8. The number of ether oxygens (including phenoxy) is 6. The highest BCUT2D eigenvalue weighted by Gasteiger charge is 2.54. The minimum atomic E-state index is -1.34. The average Bonchev–Trinajstić information content (AvgIpc) is 2.99. The Bertz CT molecular complexity index is 1360. The van der Waals surface area contributed by atoms with Crippen molar-refractivity contribution in [2.75, 3.05) is 6.61 Å². The van der Waals surface area contributed by atoms with Crippen molar-refractivity contribution in [1.29, 1.82) is 0 Å². The first-order valence-corrected chi connectivity index (χ1v) is 17.0. The van der Waals surface area contributed by atoms with Gasteiger partial charge in [-0.15, -0.1) is 0 Å². The molecule has 12 heteroatoms. The molecule has 1 saturated carbocycles. The fraction of sp³-hybridized carbons (Fsp3) is 0.529. The smallest absolute Gasteiger partial charge is 0.338 e. The Balaban J connectivity index is 1.70. The van der Waals surface area contributed by atoms with Crippen LogP contribution < -0.4 is 0 Å². The highest BCUT2D eigenvalue weighted by Crippen LogP contribution is 2.39. The summed E-state index contributed by atoms with van der Waals surface area (Å²) in [4.78, 5) is 51.3. The standard InChI is InChI=1S/C34H40Br2O10/c1-18(2)26-15-6-19(3)16-27(26)44-34-31(43-21(5)38)30(42-20(4)37)29(46-33(40)23-9-13-25(36)14-10-23)28(45-34)17-41-32(39)22-7-11-24(35)12-8-22/h7-14,18-19,26-31,34H,6,15-17H2,1-5H3/t19-,26+,27-,28+,29+,30-,31-,34-/m0/s1. The van der Waals surface area contributed by atoms with Gasteiger partial charge in [0.1, 0.15) is 12.7 Å². The van der Waals surface area contributed by atoms with Crippen LogP contribution in [0.3, 0.4) is 0 Å². The number of halogens is 2. The molecule has 46 heavy (non-hydrogen) atoms. The first-order valence-electron chi connectivity index (χ1n) is 15.4. The van der Waals surface area contributed by atoms with Crippen molar-refractivity contribution in [3.8, 4) is 0 Å². The lowest BCUT2D eigenvalue weighted by atomic mass is 9.75. The molecule has 0 amide bonds. The van der Waals surface area contributed by atoms with E-state index < -0.39 is 54.6 Å². The Morgan fingerprint density at radius 3 is 1.87 bits per heavy atom. The second-order valence-corrected chi connectivity index (χ2v) is 14.0. The molecule has 0 bridgehead atoms. The zero-order chi connectivity index (χ0) is 33.5. The second-order valence-electron chi connectivity index (χ2n) is 12.2. The van der Waals surface area contributed by atoms with Gasteiger partial charge >= 0.3 is 23.9 Å². The molecule has 0 spiro atoms. The van der Waals surface area contributed by atoms with Crippen LogP contribution in [0.1, 0.15) is 74.6 Å². The van der Waals surface area contributed by atoms with E-state index in [4.69, 9.17) is 28.4 Å². The molecule has 0 radical (unpaired) electrons. The number of hydrogen-bond acceptors (Lipinski definition) is 10. The second kappa shape index (κ2) is 16.3. The van der Waals surface area contributed by atoms with E-state index in [1.165, 1.54) is 13.8 Å². The van der Waals surface area contributed by atoms with E-state index in [0.29, 0.717) is 17.4 Å². The Labute approximate surface area is 286 Å². The largest absolute Gasteiger partial charge is 0.459 e. The first kappa shape index (κ1) is 36.0. The number of carbonyl (C=O) groups is 4. The van der Waals surface area contributed by atoms with Gasteiger partial charge in [0, 0.05) is 22.8 Å². The van der Waals surface area contributed by atoms with Gasteiger partial charge in [-0.2, -0.15) is 0 Å². The fourth-order valence-corrected chi connectivity index (χ4v) is 6.48. The van der Waals surface area contributed by atoms with Crippen molar-refractivity contribution in [2.24, 2.45) is 17.8 Å². The predicted molar refractivity (Wildman–Crippen MR) is 174 cm³/mol. The summed E-state index contributed by atoms with van der Waals surface area (Å²) in [5.41, 5.74) is 0.509. The lowest BCUT2D eigenvalue weighted by molar-refractivity contribution is -0.321. The van der Waals surface area contributed by atoms with Crippen LogP contribution in [0.5, 0.6) is 0 Å². The topological polar surface area (TPSA) is 124 Å². The van der Waals surface area contributed by atoms with Crippen LogP contribution in [0.25, 0.3) is 0 Å². The van der Waals surface area contributed by atoms with E-state index in [1.807, 2.05) is 0 Å². The van der Waals surface area contributed by atoms with Crippen molar-refractivity contribution in [2.45, 2.75) is 90.7 Å². The maximum atomic E-state index is 13.4. The highest BCUT2D eigenvalue weighted by molar-refractivity contribution is 9.10. The Kier molecular flexibility index (Phi) is 12.8. The quantitative estimate of drug-likeness (QED) is 0.192. The molecule has 1 heterocycles. The molecule has 2 aromatic rings. The van der Waals surface area contributed by atoms with Gasteiger partial charge in [0.05, 0.1) is 17.2 Å². The third-order valence-corrected chi connectivity index (χ3v) is 9.30. The summed E-state index contributed by atoms with van der Waals surface area (Å²) in [6.45, 7) is 8.45. The molecule has 2 aromatic carbocycles. The molecule has 8 atom stereocenters. The van der Waals surface area contributed by atoms with Crippen LogP contribution >= 0.6 is 31.9 Å². The van der Waals surface area contributed by atoms with Gasteiger partial charge in [-0.25, -0.2) is 9.59 Å². The number of esters is 4. The third kappa shape index (κ3) is 9.62. The van der Waals surface area contributed by atoms with Gasteiger partial charge < -0.3 is 28.4 Å². The monoisotopic (exact) mass is 766 g/mol. The van der Waals surface area contributed by atoms with Gasteiger partial charge in [-0.1, -0.05) is 59.1 Å². The van der Waals surface area contributed by atoms with E-state index in [-0.39, 0.29) is 24.2 Å². The van der Waals surface area contributed by atoms with E-state index in [0.717, 1.165) is 28.2 Å². The minimum Gasteiger partial charge on any atom is -0.459 e. The van der Waals surface area contributed by atoms with Crippen LogP contribution in [-0.4, -0.2) is 67.3 Å². The van der Waals surface area contributed by atoms with Crippen LogP contribution in [-0.2, 0) is 38.0 Å². The summed E-state index contributed by atoms with van der Waals surface area (Å²) in [5, 5.41) is 0. The zero-order valence-corrected chi connectivity index (χ0v) is 29.7. The van der Waals surface area contributed by atoms with Gasteiger partial charge in [-0.3, -0.25) is 9.59 Å². The molecule has 250 valence electrons. The number of carbonyl (C=O) groups excluding carboxylic acids is 4. The zero-order valence-electron chi connectivity index (χ0n) is 26.5. The van der Waals surface area contributed by atoms with Gasteiger partial charge in [0.25, 0.3) is 0 Å². The lowest BCUT2D eigenvalue weighted by Crippen LogP contribution is -2.63. The lowest BCUT2D eigenvalue weighted by Gasteiger charge is -2.46. The minimum absolute atomic E-state index is 0.201. The molecule has 0 unspecified atom stereocenters. The van der Waals surface area contributed by atoms with Gasteiger partial charge in [0.15, 0.2) is 24.6 Å². The molecule has 1 saturated heterocycles. The SMILES string of the molecule is CC(=O)O[C@@H]1[C@H](OC(C)=O)[C@@H](O[C@H]2C[C@@H](C)CC[C@@H]2C(C)C)O[C@H](COC(=O)c2ccc(Br)cc2)[C@H]1OC(=O)c1ccc(Br)cc1. The van der Waals surface area contributed by atoms with Crippen LogP contribution in [0, 0.1) is 17.8 Å². The van der Waals surface area contributed by atoms with E-state index in [1.54, 1.807) is 48.5 Å². The maximum absolute atomic E-state index is 13.4. The summed E-state index contributed by atoms with van der Waals surface area (Å²) in [6.07, 6.45) is -3.84. The Hall–Kier alpha value is -2.80. The average molecular weight is 768 g/mol. The van der Waals surface area contributed by atoms with E-state index in [9.17, 15) is 19.2 Å². The molecule has 1 aliphatic heterocycles. The number of rotatable bonds is 10. The molecule has 2 aliphatic rings. The van der Waals surface area contributed by atoms with Crippen LogP contribution in [0.4, 0.5) is 0 Å². The molecular formula is C34H40Br2O10. The summed E-state index contributed by atoms with van der Waals surface area (Å²) in [5.74, 6) is -1.86. The fourth-order valence-electron chi connectivity index (χ4n) is 5.96. The van der Waals surface area contributed by atoms with Crippen molar-refractivity contribution >= 4 is 55.7 Å². The molecule has 0 N–H and O–H groups in total. The molecular weight excluding hydrogens is 728 g/mol. The van der Waals surface area contributed by atoms with Crippen molar-refractivity contribution in [3.63, 3.8) is 0 Å². The first-order chi connectivity index (χ1) is 21.8. The van der Waals surface area contributed by atoms with Crippen molar-refractivity contribution in [1.82, 2.24) is 0 Å². The molecule has 4 rings (SSSR count). The van der Waals surface area contributed by atoms with E-state index in [2.05, 4.69) is 52.6 Å². The molecule has 1 aliphatic carbocycles. The Morgan fingerprint density at radius 2 is 1.33 bits per heavy atom. The molecule has 10 nitrogen and oxygen atoms in total. The highest BCUT2D eigenvalue weighted by atomic mass is 79.9. The van der Waals surface area contributed by atoms with Gasteiger partial charge in [-0.05, 0) is 79.1 Å². The third-order valence-electron chi connectivity index (χ3n) is 8.25. The maximum Gasteiger partial charge on any atom is 0.338 e. The predicted octanol–water partition coefficient (Wildman–Crippen LogP) is 6.66. The van der Waals surface area contributed by atoms with Crippen molar-refractivity contribution in [3.05, 3.63) is 68.6 Å². The van der Waals surface area contributed by atoms with Crippen LogP contribution in [0.15, 0.2) is 57.5 Å². The van der Waals surface area contributed by atoms with Crippen molar-refractivity contribution < 1.29 is 47.6 Å². The number of benzene rings is 2. The summed E-state index contributed by atoms with van der Waals surface area (Å²) >= 11 is 6.70. The molecule has 0 aromatic heterocycles. The van der Waals surface area contributed by atoms with Crippen LogP contribution in [0.2, 0.25) is 0 Å². The molecule has 2 fully saturated rings. The summed E-state index contributed by atoms with van der Waals surface area (Å²) in [6, 6.07) is 13.1. The van der Waals surface area contributed by atoms with E-state index >= 15 is 0 Å². The Morgan fingerprint density at radius 1 is 0.783 bits per heavy atom.